The average Bonchev–Trinajstić information content (AvgIpc) is 2.32. The van der Waals surface area contributed by atoms with E-state index in [0.29, 0.717) is 11.3 Å². The SMILES string of the molecule is Cc1cc(F)ccc1Oc1cccc(F)c1C(=N)N. The number of amidine groups is 1. The molecular weight excluding hydrogens is 250 g/mol. The van der Waals surface area contributed by atoms with Crippen molar-refractivity contribution in [2.45, 2.75) is 6.92 Å². The maximum Gasteiger partial charge on any atom is 0.141 e. The van der Waals surface area contributed by atoms with Crippen LogP contribution in [-0.4, -0.2) is 5.84 Å². The lowest BCUT2D eigenvalue weighted by Crippen LogP contribution is -2.14. The second-order valence-corrected chi connectivity index (χ2v) is 4.04. The first-order valence-corrected chi connectivity index (χ1v) is 5.56. The molecule has 0 unspecified atom stereocenters. The third-order valence-electron chi connectivity index (χ3n) is 2.60. The molecule has 2 aromatic carbocycles. The minimum absolute atomic E-state index is 0.105. The first-order valence-electron chi connectivity index (χ1n) is 5.56. The molecule has 3 nitrogen and oxygen atoms in total. The fourth-order valence-electron chi connectivity index (χ4n) is 1.70. The molecule has 0 aliphatic rings. The van der Waals surface area contributed by atoms with Gasteiger partial charge < -0.3 is 10.5 Å². The number of hydrogen-bond donors (Lipinski definition) is 2. The number of rotatable bonds is 3. The van der Waals surface area contributed by atoms with E-state index in [0.717, 1.165) is 0 Å². The molecule has 0 aliphatic heterocycles. The minimum Gasteiger partial charge on any atom is -0.456 e. The lowest BCUT2D eigenvalue weighted by atomic mass is 10.1. The lowest BCUT2D eigenvalue weighted by Gasteiger charge is -2.12. The van der Waals surface area contributed by atoms with Gasteiger partial charge in [-0.25, -0.2) is 8.78 Å². The van der Waals surface area contributed by atoms with Gasteiger partial charge in [0.15, 0.2) is 0 Å². The van der Waals surface area contributed by atoms with Gasteiger partial charge in [-0.15, -0.1) is 0 Å². The van der Waals surface area contributed by atoms with Crippen LogP contribution in [0.2, 0.25) is 0 Å². The molecule has 0 atom stereocenters. The summed E-state index contributed by atoms with van der Waals surface area (Å²) >= 11 is 0. The predicted molar refractivity (Wildman–Crippen MR) is 68.6 cm³/mol. The second kappa shape index (κ2) is 5.06. The van der Waals surface area contributed by atoms with E-state index in [1.807, 2.05) is 0 Å². The van der Waals surface area contributed by atoms with Gasteiger partial charge in [0.1, 0.15) is 29.0 Å². The van der Waals surface area contributed by atoms with Crippen LogP contribution in [0.15, 0.2) is 36.4 Å². The molecule has 0 aliphatic carbocycles. The Morgan fingerprint density at radius 2 is 1.89 bits per heavy atom. The topological polar surface area (TPSA) is 59.1 Å². The molecule has 0 saturated heterocycles. The van der Waals surface area contributed by atoms with Gasteiger partial charge in [-0.05, 0) is 42.8 Å². The highest BCUT2D eigenvalue weighted by molar-refractivity contribution is 5.98. The molecule has 0 amide bonds. The Hall–Kier alpha value is -2.43. The standard InChI is InChI=1S/C14H12F2N2O/c1-8-7-9(15)5-6-11(8)19-12-4-2-3-10(16)13(12)14(17)18/h2-7H,1H3,(H3,17,18). The van der Waals surface area contributed by atoms with E-state index in [2.05, 4.69) is 0 Å². The number of halogens is 2. The lowest BCUT2D eigenvalue weighted by molar-refractivity contribution is 0.469. The Labute approximate surface area is 109 Å². The van der Waals surface area contributed by atoms with Crippen LogP contribution in [0.25, 0.3) is 0 Å². The summed E-state index contributed by atoms with van der Waals surface area (Å²) in [6.45, 7) is 1.67. The molecule has 2 rings (SSSR count). The maximum atomic E-state index is 13.6. The van der Waals surface area contributed by atoms with Crippen molar-refractivity contribution in [3.63, 3.8) is 0 Å². The van der Waals surface area contributed by atoms with Gasteiger partial charge in [0.05, 0.1) is 5.56 Å². The van der Waals surface area contributed by atoms with Gasteiger partial charge in [0.25, 0.3) is 0 Å². The number of hydrogen-bond acceptors (Lipinski definition) is 2. The van der Waals surface area contributed by atoms with Crippen LogP contribution < -0.4 is 10.5 Å². The number of nitrogen functional groups attached to an aromatic ring is 1. The summed E-state index contributed by atoms with van der Waals surface area (Å²) in [5.74, 6) is -0.926. The van der Waals surface area contributed by atoms with Crippen LogP contribution in [0, 0.1) is 24.0 Å². The van der Waals surface area contributed by atoms with Crippen molar-refractivity contribution in [3.8, 4) is 11.5 Å². The Morgan fingerprint density at radius 1 is 1.16 bits per heavy atom. The predicted octanol–water partition coefficient (Wildman–Crippen LogP) is 3.35. The maximum absolute atomic E-state index is 13.6. The zero-order valence-electron chi connectivity index (χ0n) is 10.2. The van der Waals surface area contributed by atoms with Gasteiger partial charge in [0.2, 0.25) is 0 Å². The molecule has 19 heavy (non-hydrogen) atoms. The average molecular weight is 262 g/mol. The summed E-state index contributed by atoms with van der Waals surface area (Å²) in [4.78, 5) is 0. The van der Waals surface area contributed by atoms with E-state index in [9.17, 15) is 8.78 Å². The van der Waals surface area contributed by atoms with E-state index in [1.165, 1.54) is 36.4 Å². The molecule has 0 aromatic heterocycles. The Bertz CT molecular complexity index is 641. The van der Waals surface area contributed by atoms with E-state index >= 15 is 0 Å². The molecule has 0 fully saturated rings. The van der Waals surface area contributed by atoms with Crippen LogP contribution in [0.3, 0.4) is 0 Å². The van der Waals surface area contributed by atoms with Crippen molar-refractivity contribution in [3.05, 3.63) is 59.2 Å². The fraction of sp³-hybridized carbons (Fsp3) is 0.0714. The minimum atomic E-state index is -0.634. The van der Waals surface area contributed by atoms with Crippen LogP contribution in [0.4, 0.5) is 8.78 Å². The molecule has 98 valence electrons. The van der Waals surface area contributed by atoms with Gasteiger partial charge in [-0.2, -0.15) is 0 Å². The summed E-state index contributed by atoms with van der Waals surface area (Å²) in [5.41, 5.74) is 5.80. The third-order valence-corrected chi connectivity index (χ3v) is 2.60. The number of aryl methyl sites for hydroxylation is 1. The van der Waals surface area contributed by atoms with Crippen molar-refractivity contribution in [2.75, 3.05) is 0 Å². The summed E-state index contributed by atoms with van der Waals surface area (Å²) in [7, 11) is 0. The largest absolute Gasteiger partial charge is 0.456 e. The monoisotopic (exact) mass is 262 g/mol. The summed E-state index contributed by atoms with van der Waals surface area (Å²) < 4.78 is 32.1. The second-order valence-electron chi connectivity index (χ2n) is 4.04. The molecule has 0 spiro atoms. The summed E-state index contributed by atoms with van der Waals surface area (Å²) in [6, 6.07) is 8.15. The Balaban J connectivity index is 2.44. The van der Waals surface area contributed by atoms with Gasteiger partial charge in [0, 0.05) is 0 Å². The van der Waals surface area contributed by atoms with Crippen molar-refractivity contribution in [1.29, 1.82) is 5.41 Å². The highest BCUT2D eigenvalue weighted by atomic mass is 19.1. The number of benzene rings is 2. The highest BCUT2D eigenvalue weighted by Crippen LogP contribution is 2.29. The van der Waals surface area contributed by atoms with Crippen LogP contribution in [-0.2, 0) is 0 Å². The smallest absolute Gasteiger partial charge is 0.141 e. The van der Waals surface area contributed by atoms with Crippen LogP contribution in [0.1, 0.15) is 11.1 Å². The third kappa shape index (κ3) is 2.70. The van der Waals surface area contributed by atoms with Crippen LogP contribution >= 0.6 is 0 Å². The Morgan fingerprint density at radius 3 is 2.53 bits per heavy atom. The molecule has 5 heteroatoms. The quantitative estimate of drug-likeness (QED) is 0.658. The number of nitrogens with two attached hydrogens (primary N) is 1. The summed E-state index contributed by atoms with van der Waals surface area (Å²) in [5, 5.41) is 7.37. The normalized spacial score (nSPS) is 10.3. The molecule has 0 bridgehead atoms. The highest BCUT2D eigenvalue weighted by Gasteiger charge is 2.14. The first-order chi connectivity index (χ1) is 8.99. The van der Waals surface area contributed by atoms with Gasteiger partial charge in [-0.1, -0.05) is 6.07 Å². The van der Waals surface area contributed by atoms with Crippen molar-refractivity contribution >= 4 is 5.84 Å². The fourth-order valence-corrected chi connectivity index (χ4v) is 1.70. The Kier molecular flexibility index (Phi) is 3.46. The molecule has 0 radical (unpaired) electrons. The van der Waals surface area contributed by atoms with E-state index in [4.69, 9.17) is 15.9 Å². The van der Waals surface area contributed by atoms with Crippen molar-refractivity contribution in [1.82, 2.24) is 0 Å². The van der Waals surface area contributed by atoms with E-state index in [-0.39, 0.29) is 17.1 Å². The van der Waals surface area contributed by atoms with Crippen molar-refractivity contribution < 1.29 is 13.5 Å². The number of ether oxygens (including phenoxy) is 1. The molecule has 0 saturated carbocycles. The van der Waals surface area contributed by atoms with Gasteiger partial charge in [-0.3, -0.25) is 5.41 Å². The molecule has 2 aromatic rings. The van der Waals surface area contributed by atoms with Crippen molar-refractivity contribution in [2.24, 2.45) is 5.73 Å². The van der Waals surface area contributed by atoms with E-state index < -0.39 is 11.7 Å². The van der Waals surface area contributed by atoms with Gasteiger partial charge >= 0.3 is 0 Å². The number of nitrogens with one attached hydrogen (secondary N) is 1. The first kappa shape index (κ1) is 13.0. The zero-order valence-corrected chi connectivity index (χ0v) is 10.2. The van der Waals surface area contributed by atoms with Crippen LogP contribution in [0.5, 0.6) is 11.5 Å². The summed E-state index contributed by atoms with van der Waals surface area (Å²) in [6.07, 6.45) is 0. The van der Waals surface area contributed by atoms with E-state index in [1.54, 1.807) is 6.92 Å². The molecule has 0 heterocycles. The zero-order chi connectivity index (χ0) is 14.0. The molecular formula is C14H12F2N2O. The molecule has 3 N–H and O–H groups in total.